The Morgan fingerprint density at radius 1 is 0.651 bits per heavy atom. The Morgan fingerprint density at radius 3 is 1.49 bits per heavy atom. The zero-order valence-corrected chi connectivity index (χ0v) is 27.4. The van der Waals surface area contributed by atoms with Crippen molar-refractivity contribution >= 4 is 35.3 Å². The van der Waals surface area contributed by atoms with Crippen LogP contribution in [0.5, 0.6) is 0 Å². The lowest BCUT2D eigenvalue weighted by atomic mass is 9.88. The number of amides is 2. The molecule has 3 saturated carbocycles. The summed E-state index contributed by atoms with van der Waals surface area (Å²) in [5.41, 5.74) is 0. The van der Waals surface area contributed by atoms with E-state index in [1.165, 1.54) is 108 Å². The molecule has 12 nitrogen and oxygen atoms in total. The molecule has 240 valence electrons. The van der Waals surface area contributed by atoms with Gasteiger partial charge in [0.05, 0.1) is 0 Å². The summed E-state index contributed by atoms with van der Waals surface area (Å²) in [5, 5.41) is 28.8. The minimum absolute atomic E-state index is 0.264. The van der Waals surface area contributed by atoms with Crippen molar-refractivity contribution in [3.63, 3.8) is 0 Å². The van der Waals surface area contributed by atoms with E-state index in [-0.39, 0.29) is 5.91 Å². The monoisotopic (exact) mass is 634 g/mol. The molecular weight excluding hydrogens is 585 g/mol. The number of nitrogens with zero attached hydrogens (tertiary/aromatic N) is 8. The molecule has 14 heteroatoms. The predicted molar refractivity (Wildman–Crippen MR) is 169 cm³/mol. The van der Waals surface area contributed by atoms with Gasteiger partial charge in [-0.25, -0.2) is 0 Å². The summed E-state index contributed by atoms with van der Waals surface area (Å²) in [4.78, 5) is 29.3. The van der Waals surface area contributed by atoms with Gasteiger partial charge in [0, 0.05) is 49.5 Å². The summed E-state index contributed by atoms with van der Waals surface area (Å²) in [6, 6.07) is 1.46. The summed E-state index contributed by atoms with van der Waals surface area (Å²) in [7, 11) is 1.95. The number of tetrazole rings is 2. The summed E-state index contributed by atoms with van der Waals surface area (Å²) in [6.07, 6.45) is 21.8. The molecule has 5 rings (SSSR count). The topological polar surface area (TPSA) is 150 Å². The van der Waals surface area contributed by atoms with Crippen LogP contribution in [0, 0.1) is 0 Å². The molecule has 0 saturated heterocycles. The third kappa shape index (κ3) is 11.7. The van der Waals surface area contributed by atoms with Gasteiger partial charge in [0.1, 0.15) is 0 Å². The van der Waals surface area contributed by atoms with Gasteiger partial charge in [-0.05, 0) is 61.8 Å². The predicted octanol–water partition coefficient (Wildman–Crippen LogP) is 5.43. The zero-order valence-electron chi connectivity index (χ0n) is 25.8. The molecule has 3 aliphatic carbocycles. The second-order valence-corrected chi connectivity index (χ2v) is 14.1. The number of nitrogens with one attached hydrogen (secondary N) is 2. The van der Waals surface area contributed by atoms with Gasteiger partial charge in [0.25, 0.3) is 0 Å². The van der Waals surface area contributed by atoms with Gasteiger partial charge < -0.3 is 9.80 Å². The van der Waals surface area contributed by atoms with Crippen molar-refractivity contribution in [2.75, 3.05) is 18.6 Å². The smallest absolute Gasteiger partial charge is 0.230 e. The quantitative estimate of drug-likeness (QED) is 0.216. The number of hydrogen-bond acceptors (Lipinski definition) is 10. The van der Waals surface area contributed by atoms with Crippen molar-refractivity contribution in [2.45, 2.75) is 150 Å². The molecule has 0 bridgehead atoms. The van der Waals surface area contributed by atoms with Crippen LogP contribution in [0.3, 0.4) is 0 Å². The molecule has 0 radical (unpaired) electrons. The molecule has 3 aliphatic rings. The minimum atomic E-state index is 0.264. The van der Waals surface area contributed by atoms with Crippen molar-refractivity contribution in [3.05, 3.63) is 0 Å². The summed E-state index contributed by atoms with van der Waals surface area (Å²) < 4.78 is 0. The second-order valence-electron chi connectivity index (χ2n) is 12.0. The van der Waals surface area contributed by atoms with Crippen molar-refractivity contribution < 1.29 is 9.59 Å². The van der Waals surface area contributed by atoms with Crippen LogP contribution in [0.2, 0.25) is 0 Å². The molecule has 2 N–H and O–H groups in total. The minimum Gasteiger partial charge on any atom is -0.343 e. The number of aromatic nitrogens is 8. The highest BCUT2D eigenvalue weighted by Gasteiger charge is 2.32. The van der Waals surface area contributed by atoms with Crippen LogP contribution in [0.15, 0.2) is 10.3 Å². The first kappa shape index (κ1) is 33.7. The van der Waals surface area contributed by atoms with Crippen molar-refractivity contribution in [2.24, 2.45) is 0 Å². The molecule has 2 aromatic heterocycles. The number of carbonyl (C=O) groups is 2. The summed E-state index contributed by atoms with van der Waals surface area (Å²) in [5.74, 6) is 2.36. The SMILES string of the molecule is CN(C(=O)CCCSc1nn[nH]n1)C1CCCCC1.O=C(CCCSc1nn[nH]n1)N(C1CCCCC1)C1CCCCC1. The molecule has 2 amide bonds. The van der Waals surface area contributed by atoms with E-state index in [2.05, 4.69) is 46.1 Å². The van der Waals surface area contributed by atoms with Crippen LogP contribution in [-0.4, -0.2) is 99.5 Å². The number of rotatable bonds is 13. The van der Waals surface area contributed by atoms with Crippen LogP contribution in [0.1, 0.15) is 122 Å². The molecular formula is C29H50N10O2S2. The molecule has 2 aromatic rings. The Balaban J connectivity index is 0.000000203. The van der Waals surface area contributed by atoms with Gasteiger partial charge in [-0.2, -0.15) is 10.4 Å². The second kappa shape index (κ2) is 19.2. The van der Waals surface area contributed by atoms with Crippen molar-refractivity contribution in [1.82, 2.24) is 51.0 Å². The summed E-state index contributed by atoms with van der Waals surface area (Å²) >= 11 is 3.09. The van der Waals surface area contributed by atoms with Gasteiger partial charge in [-0.15, -0.1) is 20.4 Å². The Morgan fingerprint density at radius 2 is 1.07 bits per heavy atom. The average Bonchev–Trinajstić information content (AvgIpc) is 3.78. The molecule has 0 aliphatic heterocycles. The first-order valence-corrected chi connectivity index (χ1v) is 18.4. The van der Waals surface area contributed by atoms with Crippen LogP contribution >= 0.6 is 23.5 Å². The van der Waals surface area contributed by atoms with Gasteiger partial charge in [-0.3, -0.25) is 9.59 Å². The highest BCUT2D eigenvalue weighted by molar-refractivity contribution is 7.99. The Bertz CT molecular complexity index is 1010. The van der Waals surface area contributed by atoms with E-state index < -0.39 is 0 Å². The van der Waals surface area contributed by atoms with Crippen molar-refractivity contribution in [1.29, 1.82) is 0 Å². The van der Waals surface area contributed by atoms with E-state index in [1.807, 2.05) is 11.9 Å². The van der Waals surface area contributed by atoms with Gasteiger partial charge in [0.2, 0.25) is 22.1 Å². The van der Waals surface area contributed by atoms with E-state index in [4.69, 9.17) is 0 Å². The first-order chi connectivity index (χ1) is 21.1. The Kier molecular flexibility index (Phi) is 15.1. The lowest BCUT2D eigenvalue weighted by molar-refractivity contribution is -0.138. The molecule has 2 heterocycles. The molecule has 3 fully saturated rings. The maximum atomic E-state index is 13.0. The number of hydrogen-bond donors (Lipinski definition) is 2. The van der Waals surface area contributed by atoms with E-state index in [0.717, 1.165) is 24.3 Å². The maximum absolute atomic E-state index is 13.0. The van der Waals surface area contributed by atoms with E-state index in [0.29, 0.717) is 47.2 Å². The highest BCUT2D eigenvalue weighted by atomic mass is 32.2. The van der Waals surface area contributed by atoms with Crippen LogP contribution in [-0.2, 0) is 9.59 Å². The number of carbonyl (C=O) groups excluding carboxylic acids is 2. The van der Waals surface area contributed by atoms with E-state index >= 15 is 0 Å². The largest absolute Gasteiger partial charge is 0.343 e. The number of thioether (sulfide) groups is 2. The molecule has 0 atom stereocenters. The third-order valence-corrected chi connectivity index (χ3v) is 10.8. The zero-order chi connectivity index (χ0) is 30.1. The number of aromatic amines is 2. The maximum Gasteiger partial charge on any atom is 0.230 e. The normalized spacial score (nSPS) is 18.5. The molecule has 43 heavy (non-hydrogen) atoms. The Hall–Kier alpha value is -2.22. The standard InChI is InChI=1S/C17H29N5OS.C12H21N5OS/c23-16(12-7-13-24-17-18-20-21-19-17)22(14-8-3-1-4-9-14)15-10-5-2-6-11-15;1-17(10-6-3-2-4-7-10)11(18)8-5-9-19-12-13-15-16-14-12/h14-15H,1-13H2,(H,18,19,20,21);10H,2-9H2,1H3,(H,13,14,15,16). The van der Waals surface area contributed by atoms with Gasteiger partial charge in [0.15, 0.2) is 0 Å². The molecule has 0 aromatic carbocycles. The van der Waals surface area contributed by atoms with Crippen LogP contribution < -0.4 is 0 Å². The highest BCUT2D eigenvalue weighted by Crippen LogP contribution is 2.31. The fourth-order valence-electron chi connectivity index (χ4n) is 6.60. The molecule has 0 unspecified atom stereocenters. The lowest BCUT2D eigenvalue weighted by Gasteiger charge is -2.42. The van der Waals surface area contributed by atoms with Gasteiger partial charge >= 0.3 is 0 Å². The van der Waals surface area contributed by atoms with E-state index in [9.17, 15) is 9.59 Å². The van der Waals surface area contributed by atoms with E-state index in [1.54, 1.807) is 11.8 Å². The third-order valence-electron chi connectivity index (χ3n) is 8.92. The lowest BCUT2D eigenvalue weighted by Crippen LogP contribution is -2.48. The summed E-state index contributed by atoms with van der Waals surface area (Å²) in [6.45, 7) is 0. The fraction of sp³-hybridized carbons (Fsp3) is 0.862. The fourth-order valence-corrected chi connectivity index (χ4v) is 7.95. The van der Waals surface area contributed by atoms with Crippen molar-refractivity contribution in [3.8, 4) is 0 Å². The van der Waals surface area contributed by atoms with Crippen LogP contribution in [0.25, 0.3) is 0 Å². The van der Waals surface area contributed by atoms with Gasteiger partial charge in [-0.1, -0.05) is 81.3 Å². The van der Waals surface area contributed by atoms with Crippen LogP contribution in [0.4, 0.5) is 0 Å². The Labute approximate surface area is 264 Å². The first-order valence-electron chi connectivity index (χ1n) is 16.4. The molecule has 0 spiro atoms. The number of H-pyrrole nitrogens is 2. The average molecular weight is 635 g/mol.